The maximum atomic E-state index is 12.9. The molecule has 0 aliphatic heterocycles. The largest absolute Gasteiger partial charge is 0.454 e. The zero-order valence-electron chi connectivity index (χ0n) is 16.5. The zero-order chi connectivity index (χ0) is 21.4. The number of hydrogen-bond donors (Lipinski definition) is 0. The first-order valence-electron chi connectivity index (χ1n) is 9.60. The molecule has 2 aromatic carbocycles. The molecule has 0 bridgehead atoms. The summed E-state index contributed by atoms with van der Waals surface area (Å²) in [5, 5.41) is 8.33. The van der Waals surface area contributed by atoms with E-state index in [1.165, 1.54) is 11.3 Å². The number of ketones is 1. The van der Waals surface area contributed by atoms with Gasteiger partial charge in [0.25, 0.3) is 5.71 Å². The molecule has 0 saturated heterocycles. The Balaban J connectivity index is 1.42. The van der Waals surface area contributed by atoms with Crippen LogP contribution in [-0.2, 0) is 4.74 Å². The van der Waals surface area contributed by atoms with Crippen LogP contribution in [0.2, 0.25) is 0 Å². The zero-order valence-corrected chi connectivity index (χ0v) is 17.3. The van der Waals surface area contributed by atoms with Crippen LogP contribution in [0.1, 0.15) is 26.4 Å². The van der Waals surface area contributed by atoms with Gasteiger partial charge < -0.3 is 9.26 Å². The molecule has 0 spiro atoms. The summed E-state index contributed by atoms with van der Waals surface area (Å²) >= 11 is 1.50. The van der Waals surface area contributed by atoms with Gasteiger partial charge in [0.15, 0.2) is 12.4 Å². The lowest BCUT2D eigenvalue weighted by molar-refractivity contribution is 0.0476. The summed E-state index contributed by atoms with van der Waals surface area (Å²) in [6, 6.07) is 18.6. The predicted molar refractivity (Wildman–Crippen MR) is 118 cm³/mol. The number of ether oxygens (including phenoxy) is 1. The number of esters is 1. The van der Waals surface area contributed by atoms with Crippen LogP contribution >= 0.6 is 11.3 Å². The number of hydrogen-bond acceptors (Lipinski definition) is 7. The second-order valence-corrected chi connectivity index (χ2v) is 7.99. The molecule has 31 heavy (non-hydrogen) atoms. The lowest BCUT2D eigenvalue weighted by Gasteiger charge is -2.07. The maximum absolute atomic E-state index is 12.9. The number of fused-ring (bicyclic) bond motifs is 2. The second-order valence-electron chi connectivity index (χ2n) is 7.04. The van der Waals surface area contributed by atoms with Crippen molar-refractivity contribution in [2.24, 2.45) is 0 Å². The highest BCUT2D eigenvalue weighted by molar-refractivity contribution is 7.13. The minimum absolute atomic E-state index is 0.260. The Morgan fingerprint density at radius 1 is 1.03 bits per heavy atom. The Morgan fingerprint density at radius 2 is 1.87 bits per heavy atom. The minimum Gasteiger partial charge on any atom is -0.454 e. The second kappa shape index (κ2) is 7.77. The topological polar surface area (TPSA) is 82.3 Å². The minimum atomic E-state index is -0.620. The molecule has 0 aliphatic rings. The fraction of sp³-hybridized carbons (Fsp3) is 0.0833. The molecular weight excluding hydrogens is 412 g/mol. The van der Waals surface area contributed by atoms with E-state index in [1.807, 2.05) is 47.8 Å². The van der Waals surface area contributed by atoms with Crippen LogP contribution in [0.15, 0.2) is 70.6 Å². The van der Waals surface area contributed by atoms with Crippen molar-refractivity contribution in [1.29, 1.82) is 0 Å². The van der Waals surface area contributed by atoms with Gasteiger partial charge in [0, 0.05) is 5.56 Å². The lowest BCUT2D eigenvalue weighted by Crippen LogP contribution is -2.15. The maximum Gasteiger partial charge on any atom is 0.339 e. The molecule has 0 fully saturated rings. The molecule has 0 saturated carbocycles. The Kier molecular flexibility index (Phi) is 4.80. The summed E-state index contributed by atoms with van der Waals surface area (Å²) in [7, 11) is 0. The van der Waals surface area contributed by atoms with E-state index in [2.05, 4.69) is 10.1 Å². The van der Waals surface area contributed by atoms with Crippen molar-refractivity contribution in [3.63, 3.8) is 0 Å². The third-order valence-corrected chi connectivity index (χ3v) is 5.91. The van der Waals surface area contributed by atoms with E-state index < -0.39 is 5.97 Å². The Hall–Kier alpha value is -3.84. The number of Topliss-reactive ketones (excluding diaryl/α,β-unsaturated/α-hetero) is 1. The average Bonchev–Trinajstić information content (AvgIpc) is 3.47. The van der Waals surface area contributed by atoms with Gasteiger partial charge in [-0.15, -0.1) is 11.3 Å². The molecule has 0 radical (unpaired) electrons. The first kappa shape index (κ1) is 19.1. The standard InChI is InChI=1S/C24H16N2O4S/c1-14-22-18(12-19(21-7-4-10-31-21)25-23(22)30-26-14)24(28)29-13-20(27)17-9-8-15-5-2-3-6-16(15)11-17/h2-12H,13H2,1H3. The van der Waals surface area contributed by atoms with Crippen molar-refractivity contribution in [3.8, 4) is 10.6 Å². The van der Waals surface area contributed by atoms with E-state index in [1.54, 1.807) is 25.1 Å². The first-order valence-corrected chi connectivity index (χ1v) is 10.5. The van der Waals surface area contributed by atoms with Gasteiger partial charge in [-0.05, 0) is 41.3 Å². The Bertz CT molecular complexity index is 1440. The van der Waals surface area contributed by atoms with Gasteiger partial charge in [0.2, 0.25) is 0 Å². The first-order chi connectivity index (χ1) is 15.1. The smallest absolute Gasteiger partial charge is 0.339 e. The van der Waals surface area contributed by atoms with Crippen molar-refractivity contribution in [1.82, 2.24) is 10.1 Å². The quantitative estimate of drug-likeness (QED) is 0.273. The van der Waals surface area contributed by atoms with Gasteiger partial charge in [-0.2, -0.15) is 0 Å². The van der Waals surface area contributed by atoms with E-state index in [9.17, 15) is 9.59 Å². The fourth-order valence-electron chi connectivity index (χ4n) is 3.46. The number of pyridine rings is 1. The molecule has 152 valence electrons. The highest BCUT2D eigenvalue weighted by Gasteiger charge is 2.21. The highest BCUT2D eigenvalue weighted by Crippen LogP contribution is 2.29. The Morgan fingerprint density at radius 3 is 2.68 bits per heavy atom. The van der Waals surface area contributed by atoms with Crippen LogP contribution in [-0.4, -0.2) is 28.5 Å². The number of thiophene rings is 1. The van der Waals surface area contributed by atoms with E-state index in [-0.39, 0.29) is 23.7 Å². The molecule has 3 aromatic heterocycles. The monoisotopic (exact) mass is 428 g/mol. The van der Waals surface area contributed by atoms with Crippen molar-refractivity contribution in [2.75, 3.05) is 6.61 Å². The molecule has 0 unspecified atom stereocenters. The van der Waals surface area contributed by atoms with Crippen LogP contribution in [0.5, 0.6) is 0 Å². The van der Waals surface area contributed by atoms with E-state index in [4.69, 9.17) is 9.26 Å². The summed E-state index contributed by atoms with van der Waals surface area (Å²) in [5.74, 6) is -0.893. The van der Waals surface area contributed by atoms with Gasteiger partial charge in [0.1, 0.15) is 0 Å². The molecule has 7 heteroatoms. The van der Waals surface area contributed by atoms with E-state index in [0.29, 0.717) is 22.3 Å². The fourth-order valence-corrected chi connectivity index (χ4v) is 4.15. The molecule has 0 N–H and O–H groups in total. The van der Waals surface area contributed by atoms with Gasteiger partial charge in [-0.1, -0.05) is 47.6 Å². The number of carbonyl (C=O) groups excluding carboxylic acids is 2. The van der Waals surface area contributed by atoms with Crippen molar-refractivity contribution in [2.45, 2.75) is 6.92 Å². The van der Waals surface area contributed by atoms with Gasteiger partial charge in [-0.3, -0.25) is 4.79 Å². The van der Waals surface area contributed by atoms with Crippen LogP contribution in [0.4, 0.5) is 0 Å². The van der Waals surface area contributed by atoms with Gasteiger partial charge in [0.05, 0.1) is 27.2 Å². The number of aromatic nitrogens is 2. The van der Waals surface area contributed by atoms with E-state index in [0.717, 1.165) is 15.6 Å². The summed E-state index contributed by atoms with van der Waals surface area (Å²) in [6.45, 7) is 1.37. The lowest BCUT2D eigenvalue weighted by atomic mass is 10.0. The molecule has 0 amide bonds. The molecule has 0 atom stereocenters. The van der Waals surface area contributed by atoms with Crippen LogP contribution in [0.3, 0.4) is 0 Å². The summed E-state index contributed by atoms with van der Waals surface area (Å²) in [6.07, 6.45) is 0. The highest BCUT2D eigenvalue weighted by atomic mass is 32.1. The van der Waals surface area contributed by atoms with E-state index >= 15 is 0 Å². The molecule has 5 aromatic rings. The molecule has 5 rings (SSSR count). The van der Waals surface area contributed by atoms with Gasteiger partial charge in [-0.25, -0.2) is 9.78 Å². The number of nitrogens with zero attached hydrogens (tertiary/aromatic N) is 2. The summed E-state index contributed by atoms with van der Waals surface area (Å²) in [5.41, 5.74) is 2.15. The molecule has 3 heterocycles. The van der Waals surface area contributed by atoms with Crippen molar-refractivity contribution < 1.29 is 18.8 Å². The summed E-state index contributed by atoms with van der Waals surface area (Å²) < 4.78 is 10.7. The van der Waals surface area contributed by atoms with Crippen molar-refractivity contribution >= 4 is 45.0 Å². The number of aryl methyl sites for hydroxylation is 1. The SMILES string of the molecule is Cc1noc2nc(-c3cccs3)cc(C(=O)OCC(=O)c3ccc4ccccc4c3)c12. The van der Waals surface area contributed by atoms with Gasteiger partial charge >= 0.3 is 5.97 Å². The van der Waals surface area contributed by atoms with Crippen molar-refractivity contribution in [3.05, 3.63) is 82.9 Å². The Labute approximate surface area is 181 Å². The molecular formula is C24H16N2O4S. The number of rotatable bonds is 5. The third kappa shape index (κ3) is 3.60. The average molecular weight is 428 g/mol. The number of benzene rings is 2. The predicted octanol–water partition coefficient (Wildman–Crippen LogP) is 5.45. The third-order valence-electron chi connectivity index (χ3n) is 5.02. The van der Waals surface area contributed by atoms with Crippen LogP contribution in [0.25, 0.3) is 32.4 Å². The molecule has 6 nitrogen and oxygen atoms in total. The normalized spacial score (nSPS) is 11.1. The summed E-state index contributed by atoms with van der Waals surface area (Å²) in [4.78, 5) is 30.9. The molecule has 0 aliphatic carbocycles. The number of carbonyl (C=O) groups is 2. The van der Waals surface area contributed by atoms with Crippen LogP contribution < -0.4 is 0 Å². The van der Waals surface area contributed by atoms with Crippen LogP contribution in [0, 0.1) is 6.92 Å².